The zero-order valence-corrected chi connectivity index (χ0v) is 25.6. The lowest BCUT2D eigenvalue weighted by Crippen LogP contribution is -2.36. The van der Waals surface area contributed by atoms with Gasteiger partial charge in [0.05, 0.1) is 24.2 Å². The number of methoxy groups -OCH3 is 1. The van der Waals surface area contributed by atoms with E-state index in [1.165, 1.54) is 25.3 Å². The van der Waals surface area contributed by atoms with Crippen molar-refractivity contribution in [2.75, 3.05) is 44.0 Å². The van der Waals surface area contributed by atoms with Gasteiger partial charge in [-0.15, -0.1) is 0 Å². The van der Waals surface area contributed by atoms with Crippen LogP contribution in [0.25, 0.3) is 22.2 Å². The Bertz CT molecular complexity index is 1570. The smallest absolute Gasteiger partial charge is 0.247 e. The van der Waals surface area contributed by atoms with Crippen LogP contribution in [0.3, 0.4) is 0 Å². The van der Waals surface area contributed by atoms with E-state index in [2.05, 4.69) is 63.8 Å². The lowest BCUT2D eigenvalue weighted by molar-refractivity contribution is -0.111. The molecular weight excluding hydrogens is 540 g/mol. The molecule has 0 saturated carbocycles. The summed E-state index contributed by atoms with van der Waals surface area (Å²) in [5.74, 6) is 2.70. The Labute approximate surface area is 253 Å². The van der Waals surface area contributed by atoms with Gasteiger partial charge in [-0.1, -0.05) is 38.6 Å². The topological polar surface area (TPSA) is 93.5 Å². The summed E-state index contributed by atoms with van der Waals surface area (Å²) < 4.78 is 14.0. The molecule has 1 aliphatic rings. The van der Waals surface area contributed by atoms with Crippen molar-refractivity contribution in [2.45, 2.75) is 33.1 Å². The Hall–Kier alpha value is -4.37. The molecule has 9 nitrogen and oxygen atoms in total. The van der Waals surface area contributed by atoms with Gasteiger partial charge < -0.3 is 24.7 Å². The van der Waals surface area contributed by atoms with Gasteiger partial charge in [-0.3, -0.25) is 9.69 Å². The summed E-state index contributed by atoms with van der Waals surface area (Å²) in [5.41, 5.74) is 4.04. The molecule has 1 amide bonds. The molecule has 0 radical (unpaired) electrons. The predicted octanol–water partition coefficient (Wildman–Crippen LogP) is 6.65. The second kappa shape index (κ2) is 13.7. The van der Waals surface area contributed by atoms with Crippen molar-refractivity contribution in [3.63, 3.8) is 0 Å². The monoisotopic (exact) mass is 582 g/mol. The van der Waals surface area contributed by atoms with Crippen LogP contribution >= 0.6 is 0 Å². The van der Waals surface area contributed by atoms with Crippen molar-refractivity contribution in [2.24, 2.45) is 18.9 Å². The number of aromatic nitrogens is 3. The lowest BCUT2D eigenvalue weighted by Gasteiger charge is -2.32. The minimum absolute atomic E-state index is 0.331. The number of benzene rings is 2. The van der Waals surface area contributed by atoms with Gasteiger partial charge in [0.2, 0.25) is 11.9 Å². The normalized spacial score (nSPS) is 14.2. The third-order valence-electron chi connectivity index (χ3n) is 8.00. The van der Waals surface area contributed by atoms with E-state index in [4.69, 9.17) is 14.5 Å². The highest BCUT2D eigenvalue weighted by atomic mass is 16.5. The first-order chi connectivity index (χ1) is 20.8. The van der Waals surface area contributed by atoms with Crippen LogP contribution in [-0.2, 0) is 11.8 Å². The Morgan fingerprint density at radius 1 is 1.14 bits per heavy atom. The molecule has 1 aliphatic heterocycles. The quantitative estimate of drug-likeness (QED) is 0.181. The van der Waals surface area contributed by atoms with Gasteiger partial charge in [0.15, 0.2) is 0 Å². The third-order valence-corrected chi connectivity index (χ3v) is 8.00. The number of nitrogens with zero attached hydrogens (tertiary/aromatic N) is 4. The van der Waals surface area contributed by atoms with Crippen LogP contribution < -0.4 is 20.1 Å². The fourth-order valence-electron chi connectivity index (χ4n) is 5.86. The summed E-state index contributed by atoms with van der Waals surface area (Å²) in [6.45, 7) is 11.7. The first kappa shape index (κ1) is 30.1. The molecule has 9 heteroatoms. The highest BCUT2D eigenvalue weighted by Crippen LogP contribution is 2.38. The third kappa shape index (κ3) is 7.35. The first-order valence-corrected chi connectivity index (χ1v) is 15.0. The van der Waals surface area contributed by atoms with Gasteiger partial charge in [-0.05, 0) is 68.5 Å². The van der Waals surface area contributed by atoms with Crippen LogP contribution in [0.4, 0.5) is 17.3 Å². The Morgan fingerprint density at radius 2 is 1.93 bits per heavy atom. The fraction of sp³-hybridized carbons (Fsp3) is 0.382. The van der Waals surface area contributed by atoms with Crippen molar-refractivity contribution in [1.82, 2.24) is 19.4 Å². The molecule has 1 saturated heterocycles. The molecule has 0 atom stereocenters. The predicted molar refractivity (Wildman–Crippen MR) is 173 cm³/mol. The van der Waals surface area contributed by atoms with E-state index in [-0.39, 0.29) is 5.91 Å². The van der Waals surface area contributed by atoms with E-state index in [0.717, 1.165) is 53.6 Å². The van der Waals surface area contributed by atoms with Crippen LogP contribution in [-0.4, -0.2) is 58.7 Å². The van der Waals surface area contributed by atoms with Gasteiger partial charge >= 0.3 is 0 Å². The van der Waals surface area contributed by atoms with E-state index in [0.29, 0.717) is 35.4 Å². The van der Waals surface area contributed by atoms with Crippen molar-refractivity contribution in [3.8, 4) is 22.8 Å². The minimum Gasteiger partial charge on any atom is -0.494 e. The summed E-state index contributed by atoms with van der Waals surface area (Å²) in [6, 6.07) is 13.7. The summed E-state index contributed by atoms with van der Waals surface area (Å²) in [4.78, 5) is 24.0. The highest BCUT2D eigenvalue weighted by Gasteiger charge is 2.21. The number of hydrogen-bond donors (Lipinski definition) is 2. The summed E-state index contributed by atoms with van der Waals surface area (Å²) >= 11 is 0. The number of carbonyl (C=O) groups excluding carboxylic acids is 1. The molecule has 43 heavy (non-hydrogen) atoms. The van der Waals surface area contributed by atoms with Gasteiger partial charge in [-0.2, -0.15) is 0 Å². The van der Waals surface area contributed by atoms with Crippen LogP contribution in [0.1, 0.15) is 33.1 Å². The molecule has 4 aromatic rings. The molecule has 2 aromatic carbocycles. The molecule has 5 rings (SSSR count). The largest absolute Gasteiger partial charge is 0.494 e. The molecule has 1 fully saturated rings. The van der Waals surface area contributed by atoms with Crippen molar-refractivity contribution < 1.29 is 14.3 Å². The number of fused-ring (bicyclic) bond motifs is 1. The SMILES string of the molecule is C=CC(=O)Nc1cc(Nc2nccc(-c3cn(C)c4ccccc34)n2)c(OC)cc1OCCN1CCC(CC(C)C)CC1. The second-order valence-corrected chi connectivity index (χ2v) is 11.6. The van der Waals surface area contributed by atoms with E-state index < -0.39 is 0 Å². The maximum absolute atomic E-state index is 12.3. The molecule has 0 aliphatic carbocycles. The number of hydrogen-bond acceptors (Lipinski definition) is 7. The maximum atomic E-state index is 12.3. The summed E-state index contributed by atoms with van der Waals surface area (Å²) in [5, 5.41) is 7.27. The van der Waals surface area contributed by atoms with Gasteiger partial charge in [0, 0.05) is 48.5 Å². The summed E-state index contributed by atoms with van der Waals surface area (Å²) in [6.07, 6.45) is 8.80. The van der Waals surface area contributed by atoms with Gasteiger partial charge in [0.25, 0.3) is 0 Å². The number of aryl methyl sites for hydroxylation is 1. The van der Waals surface area contributed by atoms with E-state index in [1.54, 1.807) is 25.4 Å². The molecule has 2 aromatic heterocycles. The highest BCUT2D eigenvalue weighted by molar-refractivity contribution is 6.00. The number of amides is 1. The number of carbonyl (C=O) groups is 1. The Kier molecular flexibility index (Phi) is 9.61. The van der Waals surface area contributed by atoms with Crippen LogP contribution in [0.15, 0.2) is 67.5 Å². The standard InChI is InChI=1S/C34H42N6O3/c1-6-33(41)36-29-20-28(31(42-5)21-32(29)43-18-17-40-15-12-24(13-16-40)19-23(2)3)38-34-35-14-11-27(37-34)26-22-39(4)30-10-8-7-9-25(26)30/h6-11,14,20-24H,1,12-13,15-19H2,2-5H3,(H,36,41)(H,35,37,38). The number of likely N-dealkylation sites (tertiary alicyclic amines) is 1. The van der Waals surface area contributed by atoms with E-state index in [9.17, 15) is 4.79 Å². The van der Waals surface area contributed by atoms with Crippen molar-refractivity contribution in [3.05, 3.63) is 67.5 Å². The average Bonchev–Trinajstić information content (AvgIpc) is 3.35. The Morgan fingerprint density at radius 3 is 2.67 bits per heavy atom. The summed E-state index contributed by atoms with van der Waals surface area (Å²) in [7, 11) is 3.62. The number of rotatable bonds is 12. The fourth-order valence-corrected chi connectivity index (χ4v) is 5.86. The average molecular weight is 583 g/mol. The molecule has 0 spiro atoms. The van der Waals surface area contributed by atoms with Crippen molar-refractivity contribution in [1.29, 1.82) is 0 Å². The number of piperidine rings is 1. The van der Waals surface area contributed by atoms with Crippen LogP contribution in [0.2, 0.25) is 0 Å². The molecule has 0 bridgehead atoms. The maximum Gasteiger partial charge on any atom is 0.247 e. The van der Waals surface area contributed by atoms with Crippen molar-refractivity contribution >= 4 is 34.1 Å². The first-order valence-electron chi connectivity index (χ1n) is 15.0. The zero-order chi connectivity index (χ0) is 30.3. The van der Waals surface area contributed by atoms with Gasteiger partial charge in [-0.25, -0.2) is 9.97 Å². The van der Waals surface area contributed by atoms with Gasteiger partial charge in [0.1, 0.15) is 18.1 Å². The Balaban J connectivity index is 1.33. The number of anilines is 3. The number of nitrogens with one attached hydrogen (secondary N) is 2. The molecule has 0 unspecified atom stereocenters. The number of ether oxygens (including phenoxy) is 2. The molecule has 2 N–H and O–H groups in total. The molecular formula is C34H42N6O3. The molecule has 226 valence electrons. The van der Waals surface area contributed by atoms with Crippen LogP contribution in [0.5, 0.6) is 11.5 Å². The number of para-hydroxylation sites is 1. The van der Waals surface area contributed by atoms with Crippen LogP contribution in [0, 0.1) is 11.8 Å². The van der Waals surface area contributed by atoms with E-state index in [1.807, 2.05) is 25.2 Å². The zero-order valence-electron chi connectivity index (χ0n) is 25.6. The minimum atomic E-state index is -0.331. The second-order valence-electron chi connectivity index (χ2n) is 11.6. The lowest BCUT2D eigenvalue weighted by atomic mass is 9.89. The molecule has 3 heterocycles. The van der Waals surface area contributed by atoms with E-state index >= 15 is 0 Å².